The van der Waals surface area contributed by atoms with Crippen molar-refractivity contribution in [2.24, 2.45) is 17.8 Å². The highest BCUT2D eigenvalue weighted by Gasteiger charge is 2.22. The van der Waals surface area contributed by atoms with Crippen molar-refractivity contribution in [3.63, 3.8) is 0 Å². The second-order valence-electron chi connectivity index (χ2n) is 6.98. The van der Waals surface area contributed by atoms with Crippen molar-refractivity contribution in [3.05, 3.63) is 23.5 Å². The average molecular weight is 324 g/mol. The zero-order valence-electron chi connectivity index (χ0n) is 15.4. The third-order valence-electron chi connectivity index (χ3n) is 4.04. The first kappa shape index (κ1) is 19.8. The van der Waals surface area contributed by atoms with E-state index in [1.165, 1.54) is 18.9 Å². The van der Waals surface area contributed by atoms with E-state index in [1.807, 2.05) is 13.0 Å². The molecule has 0 fully saturated rings. The summed E-state index contributed by atoms with van der Waals surface area (Å²) >= 11 is 0. The van der Waals surface area contributed by atoms with Crippen LogP contribution in [0.25, 0.3) is 0 Å². The highest BCUT2D eigenvalue weighted by Crippen LogP contribution is 2.34. The molecular weight excluding hydrogens is 292 g/mol. The van der Waals surface area contributed by atoms with Gasteiger partial charge in [-0.15, -0.1) is 4.89 Å². The van der Waals surface area contributed by atoms with Gasteiger partial charge in [-0.1, -0.05) is 46.3 Å². The summed E-state index contributed by atoms with van der Waals surface area (Å²) in [7, 11) is 0. The van der Waals surface area contributed by atoms with Crippen LogP contribution in [0.2, 0.25) is 0 Å². The van der Waals surface area contributed by atoms with E-state index in [1.54, 1.807) is 0 Å². The molecule has 0 spiro atoms. The lowest BCUT2D eigenvalue weighted by molar-refractivity contribution is -0.344. The predicted octanol–water partition coefficient (Wildman–Crippen LogP) is 5.16. The first-order valence-electron chi connectivity index (χ1n) is 8.73. The predicted molar refractivity (Wildman–Crippen MR) is 91.2 cm³/mol. The van der Waals surface area contributed by atoms with E-state index >= 15 is 0 Å². The number of allylic oxidation sites excluding steroid dienone is 4. The van der Waals surface area contributed by atoms with E-state index in [0.717, 1.165) is 18.6 Å². The van der Waals surface area contributed by atoms with Crippen LogP contribution in [0.4, 0.5) is 0 Å². The Labute approximate surface area is 140 Å². The quantitative estimate of drug-likeness (QED) is 0.334. The molecule has 0 saturated carbocycles. The third kappa shape index (κ3) is 7.21. The van der Waals surface area contributed by atoms with Gasteiger partial charge in [0.15, 0.2) is 0 Å². The summed E-state index contributed by atoms with van der Waals surface area (Å²) in [6, 6.07) is 0. The van der Waals surface area contributed by atoms with Crippen LogP contribution in [0.1, 0.15) is 67.2 Å². The highest BCUT2D eigenvalue weighted by molar-refractivity contribution is 5.65. The molecule has 23 heavy (non-hydrogen) atoms. The molecule has 1 rings (SSSR count). The van der Waals surface area contributed by atoms with Gasteiger partial charge in [0.1, 0.15) is 5.76 Å². The fourth-order valence-electron chi connectivity index (χ4n) is 2.86. The van der Waals surface area contributed by atoms with Gasteiger partial charge in [-0.05, 0) is 36.7 Å². The fraction of sp³-hybridized carbons (Fsp3) is 0.737. The summed E-state index contributed by atoms with van der Waals surface area (Å²) in [6.07, 6.45) is 7.41. The van der Waals surface area contributed by atoms with Crippen molar-refractivity contribution < 1.29 is 19.3 Å². The first-order valence-corrected chi connectivity index (χ1v) is 8.73. The zero-order chi connectivity index (χ0) is 17.4. The number of rotatable bonds is 9. The summed E-state index contributed by atoms with van der Waals surface area (Å²) in [5, 5.41) is 0. The Kier molecular flexibility index (Phi) is 8.38. The van der Waals surface area contributed by atoms with E-state index in [4.69, 9.17) is 9.62 Å². The van der Waals surface area contributed by atoms with Crippen LogP contribution in [0.15, 0.2) is 23.5 Å². The van der Waals surface area contributed by atoms with Gasteiger partial charge in [-0.2, -0.15) is 0 Å². The first-order chi connectivity index (χ1) is 10.8. The van der Waals surface area contributed by atoms with Crippen LogP contribution >= 0.6 is 0 Å². The van der Waals surface area contributed by atoms with Gasteiger partial charge >= 0.3 is 5.97 Å². The molecule has 0 amide bonds. The van der Waals surface area contributed by atoms with Crippen LogP contribution < -0.4 is 0 Å². The normalized spacial score (nSPS) is 17.6. The Morgan fingerprint density at radius 3 is 2.30 bits per heavy atom. The summed E-state index contributed by atoms with van der Waals surface area (Å²) in [6.45, 7) is 12.4. The second kappa shape index (κ2) is 9.76. The molecule has 1 aliphatic rings. The molecule has 132 valence electrons. The van der Waals surface area contributed by atoms with Crippen molar-refractivity contribution in [2.75, 3.05) is 0 Å². The Hall–Kier alpha value is -1.29. The molecule has 4 heteroatoms. The van der Waals surface area contributed by atoms with Gasteiger partial charge < -0.3 is 4.74 Å². The van der Waals surface area contributed by atoms with E-state index in [0.29, 0.717) is 24.2 Å². The Morgan fingerprint density at radius 1 is 1.17 bits per heavy atom. The van der Waals surface area contributed by atoms with Gasteiger partial charge in [0, 0.05) is 19.8 Å². The van der Waals surface area contributed by atoms with Crippen LogP contribution in [0.3, 0.4) is 0 Å². The van der Waals surface area contributed by atoms with Crippen molar-refractivity contribution >= 4 is 5.97 Å². The SMILES string of the molecule is CCC(OOC(C)=O)OC1=CC=C(C(CC(C)C)C(C)C)CC1. The molecule has 0 aromatic carbocycles. The fourth-order valence-corrected chi connectivity index (χ4v) is 2.86. The van der Waals surface area contributed by atoms with Crippen molar-refractivity contribution in [3.8, 4) is 0 Å². The van der Waals surface area contributed by atoms with Gasteiger partial charge in [0.05, 0.1) is 0 Å². The molecule has 0 heterocycles. The van der Waals surface area contributed by atoms with Crippen LogP contribution in [-0.4, -0.2) is 12.3 Å². The maximum absolute atomic E-state index is 10.8. The molecule has 0 saturated heterocycles. The maximum atomic E-state index is 10.8. The minimum Gasteiger partial charge on any atom is -0.465 e. The molecule has 2 unspecified atom stereocenters. The minimum absolute atomic E-state index is 0.472. The molecule has 0 bridgehead atoms. The lowest BCUT2D eigenvalue weighted by Crippen LogP contribution is -2.20. The Balaban J connectivity index is 2.66. The van der Waals surface area contributed by atoms with Crippen molar-refractivity contribution in [2.45, 2.75) is 73.5 Å². The van der Waals surface area contributed by atoms with Gasteiger partial charge in [-0.3, -0.25) is 4.89 Å². The van der Waals surface area contributed by atoms with E-state index in [-0.39, 0.29) is 0 Å². The lowest BCUT2D eigenvalue weighted by atomic mass is 9.79. The number of carbonyl (C=O) groups excluding carboxylic acids is 1. The molecule has 4 nitrogen and oxygen atoms in total. The Bertz CT molecular complexity index is 435. The molecule has 0 aromatic rings. The van der Waals surface area contributed by atoms with Gasteiger partial charge in [0.2, 0.25) is 6.29 Å². The zero-order valence-corrected chi connectivity index (χ0v) is 15.4. The largest absolute Gasteiger partial charge is 0.465 e. The number of hydrogen-bond donors (Lipinski definition) is 0. The molecule has 2 atom stereocenters. The van der Waals surface area contributed by atoms with Gasteiger partial charge in [-0.25, -0.2) is 4.79 Å². The average Bonchev–Trinajstić information content (AvgIpc) is 2.49. The van der Waals surface area contributed by atoms with Crippen LogP contribution in [-0.2, 0) is 19.3 Å². The smallest absolute Gasteiger partial charge is 0.339 e. The Morgan fingerprint density at radius 2 is 1.87 bits per heavy atom. The monoisotopic (exact) mass is 324 g/mol. The topological polar surface area (TPSA) is 44.8 Å². The summed E-state index contributed by atoms with van der Waals surface area (Å²) in [5.74, 6) is 2.40. The van der Waals surface area contributed by atoms with E-state index < -0.39 is 12.3 Å². The number of hydrogen-bond acceptors (Lipinski definition) is 4. The standard InChI is InChI=1S/C19H32O4/c1-7-19(23-22-15(6)20)21-17-10-8-16(9-11-17)18(14(4)5)12-13(2)3/h8,10,13-14,18-19H,7,9,11-12H2,1-6H3. The van der Waals surface area contributed by atoms with Crippen LogP contribution in [0.5, 0.6) is 0 Å². The molecule has 0 radical (unpaired) electrons. The minimum atomic E-state index is -0.545. The molecule has 0 aliphatic heterocycles. The van der Waals surface area contributed by atoms with Gasteiger partial charge in [0.25, 0.3) is 0 Å². The van der Waals surface area contributed by atoms with Crippen LogP contribution in [0, 0.1) is 17.8 Å². The second-order valence-corrected chi connectivity index (χ2v) is 6.98. The number of carbonyl (C=O) groups is 1. The summed E-state index contributed by atoms with van der Waals surface area (Å²) < 4.78 is 5.78. The highest BCUT2D eigenvalue weighted by atomic mass is 17.2. The van der Waals surface area contributed by atoms with Crippen molar-refractivity contribution in [1.29, 1.82) is 0 Å². The molecule has 0 N–H and O–H groups in total. The number of ether oxygens (including phenoxy) is 1. The van der Waals surface area contributed by atoms with E-state index in [2.05, 4.69) is 38.7 Å². The molecular formula is C19H32O4. The summed E-state index contributed by atoms with van der Waals surface area (Å²) in [4.78, 5) is 20.4. The molecule has 0 aromatic heterocycles. The third-order valence-corrected chi connectivity index (χ3v) is 4.04. The molecule has 1 aliphatic carbocycles. The summed E-state index contributed by atoms with van der Waals surface area (Å²) in [5.41, 5.74) is 1.51. The van der Waals surface area contributed by atoms with Crippen molar-refractivity contribution in [1.82, 2.24) is 0 Å². The lowest BCUT2D eigenvalue weighted by Gasteiger charge is -2.28. The maximum Gasteiger partial charge on any atom is 0.339 e. The van der Waals surface area contributed by atoms with E-state index in [9.17, 15) is 4.79 Å².